The van der Waals surface area contributed by atoms with Crippen molar-refractivity contribution in [3.63, 3.8) is 0 Å². The van der Waals surface area contributed by atoms with Crippen molar-refractivity contribution in [1.29, 1.82) is 0 Å². The highest BCUT2D eigenvalue weighted by molar-refractivity contribution is 6.48. The van der Waals surface area contributed by atoms with E-state index in [1.54, 1.807) is 18.2 Å². The number of halogens is 1. The average molecular weight is 287 g/mol. The molecule has 0 saturated heterocycles. The van der Waals surface area contributed by atoms with Gasteiger partial charge in [-0.25, -0.2) is 0 Å². The molecular formula is C17H15ClO2. The third-order valence-corrected chi connectivity index (χ3v) is 3.20. The highest BCUT2D eigenvalue weighted by Gasteiger charge is 2.13. The van der Waals surface area contributed by atoms with Gasteiger partial charge in [0, 0.05) is 16.2 Å². The molecule has 0 aliphatic rings. The lowest BCUT2D eigenvalue weighted by atomic mass is 10.0. The van der Waals surface area contributed by atoms with E-state index in [-0.39, 0.29) is 6.10 Å². The summed E-state index contributed by atoms with van der Waals surface area (Å²) in [5.41, 5.74) is 2.42. The van der Waals surface area contributed by atoms with Gasteiger partial charge in [-0.2, -0.15) is 0 Å². The molecule has 20 heavy (non-hydrogen) atoms. The maximum Gasteiger partial charge on any atom is 0.150 e. The molecule has 2 nitrogen and oxygen atoms in total. The van der Waals surface area contributed by atoms with E-state index >= 15 is 0 Å². The first-order valence-corrected chi connectivity index (χ1v) is 6.65. The van der Waals surface area contributed by atoms with Crippen molar-refractivity contribution in [2.75, 3.05) is 0 Å². The fourth-order valence-electron chi connectivity index (χ4n) is 2.03. The van der Waals surface area contributed by atoms with E-state index < -0.39 is 0 Å². The maximum absolute atomic E-state index is 10.8. The Hall–Kier alpha value is -2.06. The molecule has 0 bridgehead atoms. The van der Waals surface area contributed by atoms with Gasteiger partial charge in [0.2, 0.25) is 0 Å². The van der Waals surface area contributed by atoms with E-state index in [0.29, 0.717) is 16.3 Å². The van der Waals surface area contributed by atoms with Crippen LogP contribution in [0.25, 0.3) is 5.03 Å². The van der Waals surface area contributed by atoms with Crippen LogP contribution in [0, 0.1) is 0 Å². The zero-order valence-corrected chi connectivity index (χ0v) is 11.9. The van der Waals surface area contributed by atoms with Gasteiger partial charge < -0.3 is 4.74 Å². The molecule has 1 unspecified atom stereocenters. The predicted octanol–water partition coefficient (Wildman–Crippen LogP) is 4.85. The Morgan fingerprint density at radius 3 is 2.70 bits per heavy atom. The van der Waals surface area contributed by atoms with Gasteiger partial charge in [0.25, 0.3) is 0 Å². The van der Waals surface area contributed by atoms with Crippen LogP contribution in [0.1, 0.15) is 34.5 Å². The molecule has 0 heterocycles. The second-order valence-corrected chi connectivity index (χ2v) is 4.90. The van der Waals surface area contributed by atoms with E-state index in [1.807, 2.05) is 37.3 Å². The Morgan fingerprint density at radius 2 is 2.00 bits per heavy atom. The number of aldehydes is 1. The Balaban J connectivity index is 2.25. The molecule has 0 saturated carbocycles. The topological polar surface area (TPSA) is 26.3 Å². The first-order valence-electron chi connectivity index (χ1n) is 6.27. The highest BCUT2D eigenvalue weighted by Crippen LogP contribution is 2.29. The van der Waals surface area contributed by atoms with Crippen molar-refractivity contribution < 1.29 is 9.53 Å². The predicted molar refractivity (Wildman–Crippen MR) is 82.2 cm³/mol. The number of benzene rings is 2. The van der Waals surface area contributed by atoms with Crippen LogP contribution in [0.5, 0.6) is 5.75 Å². The average Bonchev–Trinajstić information content (AvgIpc) is 2.47. The SMILES string of the molecule is C=C(Cl)c1ccccc1C(C)Oc1cccc(C=O)c1. The second-order valence-electron chi connectivity index (χ2n) is 4.44. The number of hydrogen-bond donors (Lipinski definition) is 0. The van der Waals surface area contributed by atoms with Crippen molar-refractivity contribution in [3.05, 3.63) is 71.8 Å². The second kappa shape index (κ2) is 6.40. The minimum Gasteiger partial charge on any atom is -0.486 e. The van der Waals surface area contributed by atoms with Crippen LogP contribution in [0.2, 0.25) is 0 Å². The van der Waals surface area contributed by atoms with Gasteiger partial charge in [-0.3, -0.25) is 4.79 Å². The molecule has 0 N–H and O–H groups in total. The van der Waals surface area contributed by atoms with Gasteiger partial charge in [-0.05, 0) is 24.6 Å². The molecule has 1 atom stereocenters. The lowest BCUT2D eigenvalue weighted by Gasteiger charge is -2.18. The zero-order chi connectivity index (χ0) is 14.5. The van der Waals surface area contributed by atoms with Crippen molar-refractivity contribution in [3.8, 4) is 5.75 Å². The molecule has 0 radical (unpaired) electrons. The van der Waals surface area contributed by atoms with Gasteiger partial charge in [0.15, 0.2) is 0 Å². The molecule has 3 heteroatoms. The first-order chi connectivity index (χ1) is 9.61. The summed E-state index contributed by atoms with van der Waals surface area (Å²) in [6.07, 6.45) is 0.607. The summed E-state index contributed by atoms with van der Waals surface area (Å²) >= 11 is 6.01. The number of ether oxygens (including phenoxy) is 1. The van der Waals surface area contributed by atoms with Crippen molar-refractivity contribution in [1.82, 2.24) is 0 Å². The summed E-state index contributed by atoms with van der Waals surface area (Å²) in [5.74, 6) is 0.650. The van der Waals surface area contributed by atoms with E-state index in [1.165, 1.54) is 0 Å². The molecule has 0 fully saturated rings. The molecule has 102 valence electrons. The normalized spacial score (nSPS) is 11.7. The number of carbonyl (C=O) groups excluding carboxylic acids is 1. The molecule has 0 aliphatic carbocycles. The molecule has 2 aromatic carbocycles. The lowest BCUT2D eigenvalue weighted by Crippen LogP contribution is -2.05. The monoisotopic (exact) mass is 286 g/mol. The Labute approximate surface area is 123 Å². The third kappa shape index (κ3) is 3.28. The van der Waals surface area contributed by atoms with Gasteiger partial charge in [-0.1, -0.05) is 54.6 Å². The summed E-state index contributed by atoms with van der Waals surface area (Å²) in [6.45, 7) is 5.70. The number of rotatable bonds is 5. The minimum absolute atomic E-state index is 0.191. The van der Waals surface area contributed by atoms with Crippen LogP contribution in [0.4, 0.5) is 0 Å². The Bertz CT molecular complexity index is 634. The smallest absolute Gasteiger partial charge is 0.150 e. The molecule has 2 rings (SSSR count). The summed E-state index contributed by atoms with van der Waals surface area (Å²) in [4.78, 5) is 10.8. The molecule has 0 amide bonds. The zero-order valence-electron chi connectivity index (χ0n) is 11.2. The van der Waals surface area contributed by atoms with E-state index in [0.717, 1.165) is 17.4 Å². The summed E-state index contributed by atoms with van der Waals surface area (Å²) in [7, 11) is 0. The van der Waals surface area contributed by atoms with Gasteiger partial charge in [0.05, 0.1) is 0 Å². The summed E-state index contributed by atoms with van der Waals surface area (Å²) in [6, 6.07) is 14.8. The van der Waals surface area contributed by atoms with Gasteiger partial charge >= 0.3 is 0 Å². The molecule has 0 spiro atoms. The Morgan fingerprint density at radius 1 is 1.25 bits per heavy atom. The molecular weight excluding hydrogens is 272 g/mol. The summed E-state index contributed by atoms with van der Waals surface area (Å²) in [5, 5.41) is 0.484. The number of hydrogen-bond acceptors (Lipinski definition) is 2. The highest BCUT2D eigenvalue weighted by atomic mass is 35.5. The fourth-order valence-corrected chi connectivity index (χ4v) is 2.20. The fraction of sp³-hybridized carbons (Fsp3) is 0.118. The van der Waals surface area contributed by atoms with Crippen molar-refractivity contribution in [2.24, 2.45) is 0 Å². The largest absolute Gasteiger partial charge is 0.486 e. The van der Waals surface area contributed by atoms with Crippen molar-refractivity contribution >= 4 is 22.9 Å². The van der Waals surface area contributed by atoms with Crippen LogP contribution >= 0.6 is 11.6 Å². The van der Waals surface area contributed by atoms with Crippen LogP contribution in [0.15, 0.2) is 55.1 Å². The third-order valence-electron chi connectivity index (χ3n) is 3.00. The standard InChI is InChI=1S/C17H15ClO2/c1-12(18)16-8-3-4-9-17(16)13(2)20-15-7-5-6-14(10-15)11-19/h3-11,13H,1H2,2H3. The van der Waals surface area contributed by atoms with E-state index in [9.17, 15) is 4.79 Å². The van der Waals surface area contributed by atoms with Crippen molar-refractivity contribution in [2.45, 2.75) is 13.0 Å². The van der Waals surface area contributed by atoms with Gasteiger partial charge in [-0.15, -0.1) is 0 Å². The maximum atomic E-state index is 10.8. The Kier molecular flexibility index (Phi) is 4.59. The van der Waals surface area contributed by atoms with Crippen LogP contribution in [-0.2, 0) is 0 Å². The van der Waals surface area contributed by atoms with E-state index in [4.69, 9.17) is 16.3 Å². The van der Waals surface area contributed by atoms with Crippen LogP contribution < -0.4 is 4.74 Å². The van der Waals surface area contributed by atoms with Crippen LogP contribution in [-0.4, -0.2) is 6.29 Å². The van der Waals surface area contributed by atoms with Gasteiger partial charge in [0.1, 0.15) is 18.1 Å². The molecule has 2 aromatic rings. The minimum atomic E-state index is -0.191. The quantitative estimate of drug-likeness (QED) is 0.735. The number of carbonyl (C=O) groups is 1. The molecule has 0 aromatic heterocycles. The molecule has 0 aliphatic heterocycles. The summed E-state index contributed by atoms with van der Waals surface area (Å²) < 4.78 is 5.88. The lowest BCUT2D eigenvalue weighted by molar-refractivity contribution is 0.112. The van der Waals surface area contributed by atoms with Crippen LogP contribution in [0.3, 0.4) is 0 Å². The van der Waals surface area contributed by atoms with E-state index in [2.05, 4.69) is 6.58 Å². The first kappa shape index (κ1) is 14.4.